The second kappa shape index (κ2) is 7.26. The van der Waals surface area contributed by atoms with E-state index in [0.717, 1.165) is 49.6 Å². The number of methoxy groups -OCH3 is 1. The Morgan fingerprint density at radius 2 is 2.00 bits per heavy atom. The average Bonchev–Trinajstić information content (AvgIpc) is 3.02. The van der Waals surface area contributed by atoms with Gasteiger partial charge in [-0.2, -0.15) is 13.2 Å². The minimum absolute atomic E-state index is 0.0196. The third kappa shape index (κ3) is 4.60. The molecule has 25 heavy (non-hydrogen) atoms. The monoisotopic (exact) mass is 352 g/mol. The first-order valence-electron chi connectivity index (χ1n) is 7.96. The molecule has 0 aliphatic carbocycles. The van der Waals surface area contributed by atoms with E-state index >= 15 is 0 Å². The molecule has 0 radical (unpaired) electrons. The molecule has 1 atom stereocenters. The molecule has 1 aromatic heterocycles. The first-order chi connectivity index (χ1) is 11.9. The number of anilines is 1. The number of ether oxygens (including phenoxy) is 1. The lowest BCUT2D eigenvalue weighted by atomic mass is 10.2. The van der Waals surface area contributed by atoms with Gasteiger partial charge in [-0.1, -0.05) is 12.1 Å². The Bertz CT molecular complexity index is 706. The first kappa shape index (κ1) is 17.5. The van der Waals surface area contributed by atoms with E-state index in [0.29, 0.717) is 0 Å². The molecule has 0 saturated carbocycles. The van der Waals surface area contributed by atoms with Crippen molar-refractivity contribution in [3.05, 3.63) is 47.8 Å². The third-order valence-electron chi connectivity index (χ3n) is 4.12. The zero-order valence-electron chi connectivity index (χ0n) is 13.8. The number of benzene rings is 1. The molecular formula is C17H19F3N4O. The molecule has 134 valence electrons. The van der Waals surface area contributed by atoms with Gasteiger partial charge in [0.15, 0.2) is 0 Å². The molecular weight excluding hydrogens is 333 g/mol. The fourth-order valence-electron chi connectivity index (χ4n) is 2.85. The van der Waals surface area contributed by atoms with Crippen LogP contribution in [0.15, 0.2) is 36.5 Å². The van der Waals surface area contributed by atoms with Crippen LogP contribution in [0.4, 0.5) is 19.1 Å². The second-order valence-corrected chi connectivity index (χ2v) is 5.98. The SMILES string of the molecule is COc1ccc(CN2CCC(Nc3nccc(C(F)(F)F)n3)C2)cc1. The van der Waals surface area contributed by atoms with Crippen molar-refractivity contribution < 1.29 is 17.9 Å². The number of alkyl halides is 3. The van der Waals surface area contributed by atoms with Crippen LogP contribution in [0.1, 0.15) is 17.7 Å². The minimum Gasteiger partial charge on any atom is -0.497 e. The van der Waals surface area contributed by atoms with Crippen molar-refractivity contribution >= 4 is 5.95 Å². The van der Waals surface area contributed by atoms with E-state index in [2.05, 4.69) is 20.2 Å². The van der Waals surface area contributed by atoms with Gasteiger partial charge in [-0.05, 0) is 30.2 Å². The highest BCUT2D eigenvalue weighted by Gasteiger charge is 2.33. The van der Waals surface area contributed by atoms with Crippen molar-refractivity contribution in [2.75, 3.05) is 25.5 Å². The topological polar surface area (TPSA) is 50.3 Å². The molecule has 1 N–H and O–H groups in total. The van der Waals surface area contributed by atoms with E-state index < -0.39 is 11.9 Å². The van der Waals surface area contributed by atoms with Crippen molar-refractivity contribution in [3.63, 3.8) is 0 Å². The Kier molecular flexibility index (Phi) is 5.08. The molecule has 0 bridgehead atoms. The molecule has 1 aromatic carbocycles. The quantitative estimate of drug-likeness (QED) is 0.896. The Morgan fingerprint density at radius 3 is 2.68 bits per heavy atom. The fraction of sp³-hybridized carbons (Fsp3) is 0.412. The Hall–Kier alpha value is -2.35. The molecule has 1 fully saturated rings. The number of halogens is 3. The largest absolute Gasteiger partial charge is 0.497 e. The van der Waals surface area contributed by atoms with E-state index in [1.165, 1.54) is 0 Å². The zero-order chi connectivity index (χ0) is 17.9. The molecule has 1 aliphatic rings. The number of hydrogen-bond acceptors (Lipinski definition) is 5. The fourth-order valence-corrected chi connectivity index (χ4v) is 2.85. The predicted molar refractivity (Wildman–Crippen MR) is 87.3 cm³/mol. The second-order valence-electron chi connectivity index (χ2n) is 5.98. The van der Waals surface area contributed by atoms with Crippen LogP contribution in [0, 0.1) is 0 Å². The summed E-state index contributed by atoms with van der Waals surface area (Å²) in [6, 6.07) is 8.75. The highest BCUT2D eigenvalue weighted by atomic mass is 19.4. The van der Waals surface area contributed by atoms with Crippen LogP contribution in [0.5, 0.6) is 5.75 Å². The van der Waals surface area contributed by atoms with Crippen LogP contribution < -0.4 is 10.1 Å². The summed E-state index contributed by atoms with van der Waals surface area (Å²) in [5, 5.41) is 3.00. The van der Waals surface area contributed by atoms with Gasteiger partial charge in [-0.15, -0.1) is 0 Å². The van der Waals surface area contributed by atoms with Gasteiger partial charge in [0.05, 0.1) is 7.11 Å². The van der Waals surface area contributed by atoms with Gasteiger partial charge in [-0.3, -0.25) is 4.90 Å². The number of aromatic nitrogens is 2. The number of rotatable bonds is 5. The van der Waals surface area contributed by atoms with Gasteiger partial charge >= 0.3 is 6.18 Å². The van der Waals surface area contributed by atoms with Crippen molar-refractivity contribution in [1.29, 1.82) is 0 Å². The number of likely N-dealkylation sites (tertiary alicyclic amines) is 1. The van der Waals surface area contributed by atoms with Crippen molar-refractivity contribution in [2.45, 2.75) is 25.2 Å². The summed E-state index contributed by atoms with van der Waals surface area (Å²) < 4.78 is 43.3. The van der Waals surface area contributed by atoms with Crippen LogP contribution >= 0.6 is 0 Å². The molecule has 1 aliphatic heterocycles. The first-order valence-corrected chi connectivity index (χ1v) is 7.96. The van der Waals surface area contributed by atoms with E-state index in [-0.39, 0.29) is 12.0 Å². The smallest absolute Gasteiger partial charge is 0.433 e. The minimum atomic E-state index is -4.46. The highest BCUT2D eigenvalue weighted by molar-refractivity contribution is 5.29. The molecule has 8 heteroatoms. The number of nitrogens with zero attached hydrogens (tertiary/aromatic N) is 3. The summed E-state index contributed by atoms with van der Waals surface area (Å²) in [5.41, 5.74) is 0.231. The van der Waals surface area contributed by atoms with Gasteiger partial charge in [0, 0.05) is 31.9 Å². The van der Waals surface area contributed by atoms with E-state index in [9.17, 15) is 13.2 Å². The standard InChI is InChI=1S/C17H19F3N4O/c1-25-14-4-2-12(3-5-14)10-24-9-7-13(11-24)22-16-21-8-6-15(23-16)17(18,19)20/h2-6,8,13H,7,9-11H2,1H3,(H,21,22,23). The van der Waals surface area contributed by atoms with Crippen molar-refractivity contribution in [2.24, 2.45) is 0 Å². The maximum absolute atomic E-state index is 12.7. The molecule has 0 spiro atoms. The number of nitrogens with one attached hydrogen (secondary N) is 1. The molecule has 1 unspecified atom stereocenters. The van der Waals surface area contributed by atoms with Gasteiger partial charge in [0.2, 0.25) is 5.95 Å². The van der Waals surface area contributed by atoms with E-state index in [4.69, 9.17) is 4.74 Å². The summed E-state index contributed by atoms with van der Waals surface area (Å²) in [5.74, 6) is 0.831. The van der Waals surface area contributed by atoms with Crippen molar-refractivity contribution in [3.8, 4) is 5.75 Å². The number of hydrogen-bond donors (Lipinski definition) is 1. The maximum atomic E-state index is 12.7. The van der Waals surface area contributed by atoms with Gasteiger partial charge in [0.25, 0.3) is 0 Å². The Balaban J connectivity index is 1.56. The molecule has 2 heterocycles. The summed E-state index contributed by atoms with van der Waals surface area (Å²) in [6.45, 7) is 2.37. The van der Waals surface area contributed by atoms with Crippen LogP contribution in [0.3, 0.4) is 0 Å². The van der Waals surface area contributed by atoms with Crippen LogP contribution in [-0.2, 0) is 12.7 Å². The normalized spacial score (nSPS) is 18.3. The van der Waals surface area contributed by atoms with E-state index in [1.54, 1.807) is 7.11 Å². The highest BCUT2D eigenvalue weighted by Crippen LogP contribution is 2.28. The van der Waals surface area contributed by atoms with Crippen LogP contribution in [-0.4, -0.2) is 41.1 Å². The van der Waals surface area contributed by atoms with Gasteiger partial charge < -0.3 is 10.1 Å². The van der Waals surface area contributed by atoms with Gasteiger partial charge in [0.1, 0.15) is 11.4 Å². The summed E-state index contributed by atoms with van der Waals surface area (Å²) in [6.07, 6.45) is -2.51. The van der Waals surface area contributed by atoms with Crippen LogP contribution in [0.25, 0.3) is 0 Å². The molecule has 1 saturated heterocycles. The van der Waals surface area contributed by atoms with E-state index in [1.807, 2.05) is 24.3 Å². The average molecular weight is 352 g/mol. The molecule has 5 nitrogen and oxygen atoms in total. The molecule has 3 rings (SSSR count). The Labute approximate surface area is 143 Å². The maximum Gasteiger partial charge on any atom is 0.433 e. The summed E-state index contributed by atoms with van der Waals surface area (Å²) in [4.78, 5) is 9.69. The molecule has 2 aromatic rings. The third-order valence-corrected chi connectivity index (χ3v) is 4.12. The summed E-state index contributed by atoms with van der Waals surface area (Å²) in [7, 11) is 1.63. The van der Waals surface area contributed by atoms with Gasteiger partial charge in [-0.25, -0.2) is 9.97 Å². The van der Waals surface area contributed by atoms with Crippen molar-refractivity contribution in [1.82, 2.24) is 14.9 Å². The lowest BCUT2D eigenvalue weighted by Crippen LogP contribution is -2.27. The predicted octanol–water partition coefficient (Wildman–Crippen LogP) is 3.19. The molecule has 0 amide bonds. The lowest BCUT2D eigenvalue weighted by Gasteiger charge is -2.17. The van der Waals surface area contributed by atoms with Crippen LogP contribution in [0.2, 0.25) is 0 Å². The lowest BCUT2D eigenvalue weighted by molar-refractivity contribution is -0.141. The zero-order valence-corrected chi connectivity index (χ0v) is 13.8. The Morgan fingerprint density at radius 1 is 1.24 bits per heavy atom. The summed E-state index contributed by atoms with van der Waals surface area (Å²) >= 11 is 0.